The van der Waals surface area contributed by atoms with Gasteiger partial charge >= 0.3 is 0 Å². The minimum absolute atomic E-state index is 0.119. The number of allylic oxidation sites excluding steroid dienone is 1. The van der Waals surface area contributed by atoms with Crippen LogP contribution in [0.2, 0.25) is 5.02 Å². The maximum atomic E-state index is 12.4. The summed E-state index contributed by atoms with van der Waals surface area (Å²) in [6.45, 7) is -0.119. The number of ether oxygens (including phenoxy) is 2. The van der Waals surface area contributed by atoms with Crippen LogP contribution in [0.3, 0.4) is 0 Å². The largest absolute Gasteiger partial charge is 0.485 e. The molecule has 0 fully saturated rings. The molecule has 2 heterocycles. The second kappa shape index (κ2) is 7.39. The molecule has 0 N–H and O–H groups in total. The van der Waals surface area contributed by atoms with Crippen LogP contribution in [0.25, 0.3) is 6.08 Å². The first-order chi connectivity index (χ1) is 13.1. The topological polar surface area (TPSA) is 52.6 Å². The van der Waals surface area contributed by atoms with Crippen molar-refractivity contribution in [3.8, 4) is 11.5 Å². The molecule has 4 nitrogen and oxygen atoms in total. The Morgan fingerprint density at radius 1 is 1.15 bits per heavy atom. The van der Waals surface area contributed by atoms with Crippen molar-refractivity contribution in [3.05, 3.63) is 86.8 Å². The van der Waals surface area contributed by atoms with Crippen LogP contribution in [0, 0.1) is 0 Å². The summed E-state index contributed by atoms with van der Waals surface area (Å²) >= 11 is 7.35. The van der Waals surface area contributed by atoms with E-state index in [1.165, 1.54) is 11.3 Å². The lowest BCUT2D eigenvalue weighted by Crippen LogP contribution is -2.11. The van der Waals surface area contributed by atoms with E-state index in [0.717, 1.165) is 4.88 Å². The van der Waals surface area contributed by atoms with Gasteiger partial charge in [0.05, 0.1) is 5.56 Å². The number of thiophene rings is 1. The van der Waals surface area contributed by atoms with Crippen molar-refractivity contribution in [2.45, 2.75) is 0 Å². The summed E-state index contributed by atoms with van der Waals surface area (Å²) in [6.07, 6.45) is 1.72. The van der Waals surface area contributed by atoms with E-state index in [0.29, 0.717) is 27.6 Å². The molecule has 0 bridgehead atoms. The highest BCUT2D eigenvalue weighted by atomic mass is 35.5. The average Bonchev–Trinajstić information content (AvgIpc) is 3.29. The lowest BCUT2D eigenvalue weighted by atomic mass is 10.1. The number of benzene rings is 2. The molecule has 1 aliphatic rings. The standard InChI is InChI=1S/C21H13ClO4S/c22-14-5-3-13(4-6-14)18(23)12-25-15-7-8-17-19(10-15)26-20(21(17)24)11-16-2-1-9-27-16/h1-11H,12H2. The molecule has 1 aromatic heterocycles. The molecule has 0 saturated carbocycles. The maximum Gasteiger partial charge on any atom is 0.232 e. The Morgan fingerprint density at radius 2 is 1.96 bits per heavy atom. The Morgan fingerprint density at radius 3 is 2.70 bits per heavy atom. The summed E-state index contributed by atoms with van der Waals surface area (Å²) in [5, 5.41) is 2.50. The third kappa shape index (κ3) is 3.79. The fourth-order valence-electron chi connectivity index (χ4n) is 2.63. The predicted octanol–water partition coefficient (Wildman–Crippen LogP) is 5.28. The predicted molar refractivity (Wildman–Crippen MR) is 105 cm³/mol. The van der Waals surface area contributed by atoms with Gasteiger partial charge in [0.1, 0.15) is 11.5 Å². The van der Waals surface area contributed by atoms with Gasteiger partial charge < -0.3 is 9.47 Å². The van der Waals surface area contributed by atoms with Gasteiger partial charge in [0, 0.05) is 27.6 Å². The molecule has 0 spiro atoms. The summed E-state index contributed by atoms with van der Waals surface area (Å²) in [7, 11) is 0. The Balaban J connectivity index is 1.46. The van der Waals surface area contributed by atoms with Gasteiger partial charge in [-0.15, -0.1) is 11.3 Å². The van der Waals surface area contributed by atoms with Crippen molar-refractivity contribution < 1.29 is 19.1 Å². The molecule has 0 atom stereocenters. The van der Waals surface area contributed by atoms with Crippen molar-refractivity contribution in [1.82, 2.24) is 0 Å². The van der Waals surface area contributed by atoms with Crippen LogP contribution in [-0.2, 0) is 0 Å². The second-order valence-corrected chi connectivity index (χ2v) is 7.25. The van der Waals surface area contributed by atoms with Crippen LogP contribution in [0.1, 0.15) is 25.6 Å². The van der Waals surface area contributed by atoms with Crippen LogP contribution in [-0.4, -0.2) is 18.2 Å². The Hall–Kier alpha value is -2.89. The van der Waals surface area contributed by atoms with Crippen molar-refractivity contribution >= 4 is 40.6 Å². The van der Waals surface area contributed by atoms with E-state index in [2.05, 4.69) is 0 Å². The molecule has 2 aromatic carbocycles. The fraction of sp³-hybridized carbons (Fsp3) is 0.0476. The van der Waals surface area contributed by atoms with E-state index in [1.807, 2.05) is 17.5 Å². The third-order valence-electron chi connectivity index (χ3n) is 3.99. The van der Waals surface area contributed by atoms with Gasteiger partial charge in [-0.1, -0.05) is 17.7 Å². The molecule has 0 amide bonds. The number of Topliss-reactive ketones (excluding diaryl/α,β-unsaturated/α-hetero) is 2. The lowest BCUT2D eigenvalue weighted by molar-refractivity contribution is 0.0921. The van der Waals surface area contributed by atoms with E-state index in [4.69, 9.17) is 21.1 Å². The SMILES string of the molecule is O=C(COc1ccc2c(c1)OC(=Cc1cccs1)C2=O)c1ccc(Cl)cc1. The Kier molecular flexibility index (Phi) is 4.79. The highest BCUT2D eigenvalue weighted by Crippen LogP contribution is 2.35. The van der Waals surface area contributed by atoms with E-state index >= 15 is 0 Å². The zero-order chi connectivity index (χ0) is 18.8. The van der Waals surface area contributed by atoms with Gasteiger partial charge in [0.15, 0.2) is 18.1 Å². The summed E-state index contributed by atoms with van der Waals surface area (Å²) in [4.78, 5) is 25.5. The number of hydrogen-bond donors (Lipinski definition) is 0. The minimum atomic E-state index is -0.165. The first kappa shape index (κ1) is 17.5. The summed E-state index contributed by atoms with van der Waals surface area (Å²) in [5.74, 6) is 0.840. The summed E-state index contributed by atoms with van der Waals surface area (Å²) < 4.78 is 11.2. The average molecular weight is 397 g/mol. The number of hydrogen-bond acceptors (Lipinski definition) is 5. The summed E-state index contributed by atoms with van der Waals surface area (Å²) in [6, 6.07) is 15.4. The third-order valence-corrected chi connectivity index (χ3v) is 5.07. The van der Waals surface area contributed by atoms with E-state index in [9.17, 15) is 9.59 Å². The molecule has 0 saturated heterocycles. The first-order valence-electron chi connectivity index (χ1n) is 8.13. The van der Waals surface area contributed by atoms with Gasteiger partial charge in [-0.2, -0.15) is 0 Å². The van der Waals surface area contributed by atoms with E-state index in [1.54, 1.807) is 48.5 Å². The first-order valence-corrected chi connectivity index (χ1v) is 9.39. The highest BCUT2D eigenvalue weighted by Gasteiger charge is 2.27. The number of halogens is 1. The number of ketones is 2. The zero-order valence-corrected chi connectivity index (χ0v) is 15.5. The molecule has 0 unspecified atom stereocenters. The van der Waals surface area contributed by atoms with Crippen LogP contribution < -0.4 is 9.47 Å². The van der Waals surface area contributed by atoms with E-state index in [-0.39, 0.29) is 23.9 Å². The van der Waals surface area contributed by atoms with Crippen molar-refractivity contribution in [2.24, 2.45) is 0 Å². The molecule has 3 aromatic rings. The quantitative estimate of drug-likeness (QED) is 0.435. The van der Waals surface area contributed by atoms with Gasteiger partial charge in [-0.3, -0.25) is 9.59 Å². The normalized spacial score (nSPS) is 14.1. The number of carbonyl (C=O) groups is 2. The molecule has 1 aliphatic heterocycles. The van der Waals surface area contributed by atoms with Crippen LogP contribution in [0.5, 0.6) is 11.5 Å². The molecule has 6 heteroatoms. The molecular formula is C21H13ClO4S. The molecular weight excluding hydrogens is 384 g/mol. The van der Waals surface area contributed by atoms with Crippen LogP contribution in [0.4, 0.5) is 0 Å². The summed E-state index contributed by atoms with van der Waals surface area (Å²) in [5.41, 5.74) is 1.00. The van der Waals surface area contributed by atoms with E-state index < -0.39 is 0 Å². The maximum absolute atomic E-state index is 12.4. The van der Waals surface area contributed by atoms with Crippen LogP contribution >= 0.6 is 22.9 Å². The second-order valence-electron chi connectivity index (χ2n) is 5.83. The minimum Gasteiger partial charge on any atom is -0.485 e. The zero-order valence-electron chi connectivity index (χ0n) is 14.0. The van der Waals surface area contributed by atoms with Crippen molar-refractivity contribution in [1.29, 1.82) is 0 Å². The molecule has 0 radical (unpaired) electrons. The number of carbonyl (C=O) groups excluding carboxylic acids is 2. The van der Waals surface area contributed by atoms with Crippen molar-refractivity contribution in [2.75, 3.05) is 6.61 Å². The van der Waals surface area contributed by atoms with Gasteiger partial charge in [0.25, 0.3) is 0 Å². The van der Waals surface area contributed by atoms with Crippen LogP contribution in [0.15, 0.2) is 65.7 Å². The monoisotopic (exact) mass is 396 g/mol. The highest BCUT2D eigenvalue weighted by molar-refractivity contribution is 7.10. The smallest absolute Gasteiger partial charge is 0.232 e. The Bertz CT molecular complexity index is 1040. The molecule has 134 valence electrons. The number of rotatable bonds is 5. The van der Waals surface area contributed by atoms with Gasteiger partial charge in [-0.05, 0) is 47.8 Å². The molecule has 27 heavy (non-hydrogen) atoms. The molecule has 0 aliphatic carbocycles. The van der Waals surface area contributed by atoms with Gasteiger partial charge in [-0.25, -0.2) is 0 Å². The molecule has 4 rings (SSSR count). The lowest BCUT2D eigenvalue weighted by Gasteiger charge is -2.07. The van der Waals surface area contributed by atoms with Gasteiger partial charge in [0.2, 0.25) is 5.78 Å². The fourth-order valence-corrected chi connectivity index (χ4v) is 3.40. The Labute approximate surface area is 164 Å². The van der Waals surface area contributed by atoms with Crippen molar-refractivity contribution in [3.63, 3.8) is 0 Å². The number of fused-ring (bicyclic) bond motifs is 1.